The molecule has 1 rings (SSSR count). The van der Waals surface area contributed by atoms with E-state index < -0.39 is 5.60 Å². The lowest BCUT2D eigenvalue weighted by Crippen LogP contribution is -2.45. The van der Waals surface area contributed by atoms with Gasteiger partial charge in [0, 0.05) is 13.7 Å². The second-order valence-corrected chi connectivity index (χ2v) is 3.51. The lowest BCUT2D eigenvalue weighted by molar-refractivity contribution is -0.123. The third kappa shape index (κ3) is 2.19. The van der Waals surface area contributed by atoms with Crippen molar-refractivity contribution in [3.8, 4) is 0 Å². The predicted octanol–water partition coefficient (Wildman–Crippen LogP) is 0.953. The lowest BCUT2D eigenvalue weighted by Gasteiger charge is -2.31. The first kappa shape index (κ1) is 9.96. The van der Waals surface area contributed by atoms with Crippen LogP contribution < -0.4 is 0 Å². The quantitative estimate of drug-likeness (QED) is 0.677. The van der Waals surface area contributed by atoms with Crippen LogP contribution in [0.5, 0.6) is 0 Å². The van der Waals surface area contributed by atoms with Crippen LogP contribution in [-0.2, 0) is 9.47 Å². The van der Waals surface area contributed by atoms with Crippen molar-refractivity contribution in [3.63, 3.8) is 0 Å². The first-order valence-electron chi connectivity index (χ1n) is 4.52. The van der Waals surface area contributed by atoms with E-state index in [2.05, 4.69) is 0 Å². The summed E-state index contributed by atoms with van der Waals surface area (Å²) < 4.78 is 10.4. The second-order valence-electron chi connectivity index (χ2n) is 3.51. The van der Waals surface area contributed by atoms with Crippen LogP contribution in [-0.4, -0.2) is 37.1 Å². The van der Waals surface area contributed by atoms with Crippen LogP contribution in [0.2, 0.25) is 0 Å². The van der Waals surface area contributed by atoms with Gasteiger partial charge in [-0.15, -0.1) is 0 Å². The number of ether oxygens (including phenoxy) is 2. The molecule has 1 saturated heterocycles. The molecule has 0 aromatic rings. The normalized spacial score (nSPS) is 37.8. The molecule has 72 valence electrons. The molecule has 2 atom stereocenters. The standard InChI is InChI=1S/C9H18O3/c1-8-9(10,7-11-2)5-3-4-6-12-8/h8,10H,3-7H2,1-2H3/t8-,9-/m1/s1. The van der Waals surface area contributed by atoms with Crippen molar-refractivity contribution in [3.05, 3.63) is 0 Å². The maximum Gasteiger partial charge on any atom is 0.114 e. The van der Waals surface area contributed by atoms with E-state index in [0.29, 0.717) is 6.61 Å². The molecule has 1 heterocycles. The summed E-state index contributed by atoms with van der Waals surface area (Å²) in [4.78, 5) is 0. The molecule has 0 spiro atoms. The molecule has 0 aromatic carbocycles. The average Bonchev–Trinajstić information content (AvgIpc) is 2.17. The van der Waals surface area contributed by atoms with E-state index in [4.69, 9.17) is 9.47 Å². The van der Waals surface area contributed by atoms with Crippen molar-refractivity contribution in [1.29, 1.82) is 0 Å². The summed E-state index contributed by atoms with van der Waals surface area (Å²) in [6.45, 7) is 3.03. The summed E-state index contributed by atoms with van der Waals surface area (Å²) >= 11 is 0. The Labute approximate surface area is 73.7 Å². The molecule has 12 heavy (non-hydrogen) atoms. The van der Waals surface area contributed by atoms with Crippen LogP contribution >= 0.6 is 0 Å². The van der Waals surface area contributed by atoms with Crippen molar-refractivity contribution < 1.29 is 14.6 Å². The minimum Gasteiger partial charge on any atom is -0.385 e. The molecular weight excluding hydrogens is 156 g/mol. The molecule has 1 aliphatic rings. The van der Waals surface area contributed by atoms with Crippen LogP contribution in [0.1, 0.15) is 26.2 Å². The Morgan fingerprint density at radius 2 is 2.33 bits per heavy atom. The van der Waals surface area contributed by atoms with Crippen LogP contribution in [0, 0.1) is 0 Å². The van der Waals surface area contributed by atoms with Gasteiger partial charge < -0.3 is 14.6 Å². The molecule has 0 saturated carbocycles. The molecule has 1 fully saturated rings. The SMILES string of the molecule is COC[C@]1(O)CCCCO[C@@H]1C. The van der Waals surface area contributed by atoms with Crippen LogP contribution in [0.4, 0.5) is 0 Å². The van der Waals surface area contributed by atoms with E-state index in [1.807, 2.05) is 6.92 Å². The minimum absolute atomic E-state index is 0.111. The molecule has 0 unspecified atom stereocenters. The molecule has 3 heteroatoms. The van der Waals surface area contributed by atoms with Gasteiger partial charge in [-0.05, 0) is 26.2 Å². The Kier molecular flexibility index (Phi) is 3.50. The third-order valence-corrected chi connectivity index (χ3v) is 2.52. The van der Waals surface area contributed by atoms with Gasteiger partial charge in [0.15, 0.2) is 0 Å². The van der Waals surface area contributed by atoms with Gasteiger partial charge in [-0.25, -0.2) is 0 Å². The van der Waals surface area contributed by atoms with Gasteiger partial charge in [0.05, 0.1) is 12.7 Å². The summed E-state index contributed by atoms with van der Waals surface area (Å²) in [5.74, 6) is 0. The van der Waals surface area contributed by atoms with E-state index in [1.54, 1.807) is 7.11 Å². The van der Waals surface area contributed by atoms with E-state index >= 15 is 0 Å². The van der Waals surface area contributed by atoms with Gasteiger partial charge >= 0.3 is 0 Å². The highest BCUT2D eigenvalue weighted by Crippen LogP contribution is 2.24. The highest BCUT2D eigenvalue weighted by molar-refractivity contribution is 4.86. The van der Waals surface area contributed by atoms with Crippen molar-refractivity contribution in [2.24, 2.45) is 0 Å². The van der Waals surface area contributed by atoms with Gasteiger partial charge in [0.1, 0.15) is 5.60 Å². The molecule has 1 aliphatic heterocycles. The maximum absolute atomic E-state index is 10.1. The molecule has 3 nitrogen and oxygen atoms in total. The van der Waals surface area contributed by atoms with Gasteiger partial charge in [0.2, 0.25) is 0 Å². The molecule has 0 bridgehead atoms. The zero-order valence-electron chi connectivity index (χ0n) is 7.88. The number of aliphatic hydroxyl groups is 1. The molecule has 0 aromatic heterocycles. The number of hydrogen-bond acceptors (Lipinski definition) is 3. The lowest BCUT2D eigenvalue weighted by atomic mass is 9.93. The number of hydrogen-bond donors (Lipinski definition) is 1. The van der Waals surface area contributed by atoms with Crippen LogP contribution in [0.15, 0.2) is 0 Å². The summed E-state index contributed by atoms with van der Waals surface area (Å²) in [7, 11) is 1.61. The molecule has 1 N–H and O–H groups in total. The fraction of sp³-hybridized carbons (Fsp3) is 1.00. The highest BCUT2D eigenvalue weighted by atomic mass is 16.5. The topological polar surface area (TPSA) is 38.7 Å². The fourth-order valence-electron chi connectivity index (χ4n) is 1.59. The van der Waals surface area contributed by atoms with Crippen LogP contribution in [0.3, 0.4) is 0 Å². The Morgan fingerprint density at radius 1 is 1.58 bits per heavy atom. The first-order valence-corrected chi connectivity index (χ1v) is 4.52. The molecule has 0 aliphatic carbocycles. The Balaban J connectivity index is 2.55. The first-order chi connectivity index (χ1) is 5.69. The van der Waals surface area contributed by atoms with E-state index in [1.165, 1.54) is 0 Å². The number of rotatable bonds is 2. The van der Waals surface area contributed by atoms with E-state index in [0.717, 1.165) is 25.9 Å². The van der Waals surface area contributed by atoms with Gasteiger partial charge in [0.25, 0.3) is 0 Å². The zero-order chi connectivity index (χ0) is 9.03. The molecule has 0 radical (unpaired) electrons. The van der Waals surface area contributed by atoms with Crippen molar-refractivity contribution >= 4 is 0 Å². The average molecular weight is 174 g/mol. The fourth-order valence-corrected chi connectivity index (χ4v) is 1.59. The summed E-state index contributed by atoms with van der Waals surface area (Å²) in [6.07, 6.45) is 2.72. The van der Waals surface area contributed by atoms with Crippen molar-refractivity contribution in [2.45, 2.75) is 37.9 Å². The third-order valence-electron chi connectivity index (χ3n) is 2.52. The van der Waals surface area contributed by atoms with Gasteiger partial charge in [-0.2, -0.15) is 0 Å². The van der Waals surface area contributed by atoms with Gasteiger partial charge in [-0.1, -0.05) is 0 Å². The minimum atomic E-state index is -0.773. The van der Waals surface area contributed by atoms with E-state index in [-0.39, 0.29) is 6.10 Å². The second kappa shape index (κ2) is 4.21. The zero-order valence-corrected chi connectivity index (χ0v) is 7.88. The summed E-state index contributed by atoms with van der Waals surface area (Å²) in [5.41, 5.74) is -0.773. The van der Waals surface area contributed by atoms with E-state index in [9.17, 15) is 5.11 Å². The summed E-state index contributed by atoms with van der Waals surface area (Å²) in [6, 6.07) is 0. The predicted molar refractivity (Wildman–Crippen MR) is 46.1 cm³/mol. The molecular formula is C9H18O3. The Bertz CT molecular complexity index is 138. The van der Waals surface area contributed by atoms with Crippen LogP contribution in [0.25, 0.3) is 0 Å². The van der Waals surface area contributed by atoms with Crippen molar-refractivity contribution in [2.75, 3.05) is 20.3 Å². The Morgan fingerprint density at radius 3 is 3.00 bits per heavy atom. The Hall–Kier alpha value is -0.120. The smallest absolute Gasteiger partial charge is 0.114 e. The monoisotopic (exact) mass is 174 g/mol. The molecule has 0 amide bonds. The largest absolute Gasteiger partial charge is 0.385 e. The van der Waals surface area contributed by atoms with Gasteiger partial charge in [-0.3, -0.25) is 0 Å². The highest BCUT2D eigenvalue weighted by Gasteiger charge is 2.35. The maximum atomic E-state index is 10.1. The number of methoxy groups -OCH3 is 1. The summed E-state index contributed by atoms with van der Waals surface area (Å²) in [5, 5.41) is 10.1. The van der Waals surface area contributed by atoms with Crippen molar-refractivity contribution in [1.82, 2.24) is 0 Å².